The highest BCUT2D eigenvalue weighted by Gasteiger charge is 2.14. The van der Waals surface area contributed by atoms with Crippen LogP contribution in [0, 0.1) is 5.82 Å². The van der Waals surface area contributed by atoms with Crippen molar-refractivity contribution in [3.05, 3.63) is 82.6 Å². The van der Waals surface area contributed by atoms with Gasteiger partial charge >= 0.3 is 0 Å². The summed E-state index contributed by atoms with van der Waals surface area (Å²) >= 11 is 11.1. The number of hydrogen-bond donors (Lipinski definition) is 2. The number of amides is 1. The first kappa shape index (κ1) is 22.9. The molecule has 4 rings (SSSR count). The number of carbonyl (C=O) groups is 1. The smallest absolute Gasteiger partial charge is 0.258 e. The number of halogens is 2. The van der Waals surface area contributed by atoms with Crippen molar-refractivity contribution < 1.29 is 13.6 Å². The van der Waals surface area contributed by atoms with Gasteiger partial charge in [-0.2, -0.15) is 0 Å². The molecule has 1 atom stereocenters. The summed E-state index contributed by atoms with van der Waals surface area (Å²) < 4.78 is 19.1. The Bertz CT molecular complexity index is 1340. The minimum Gasteiger partial charge on any atom is -0.436 e. The number of thiocarbonyl (C=S) groups is 1. The van der Waals surface area contributed by atoms with Gasteiger partial charge in [0.25, 0.3) is 5.91 Å². The van der Waals surface area contributed by atoms with Crippen molar-refractivity contribution in [3.8, 4) is 11.5 Å². The first-order valence-corrected chi connectivity index (χ1v) is 11.2. The maximum absolute atomic E-state index is 13.2. The zero-order valence-electron chi connectivity index (χ0n) is 18.0. The van der Waals surface area contributed by atoms with Crippen molar-refractivity contribution in [1.82, 2.24) is 10.3 Å². The fraction of sp³-hybridized carbons (Fsp3) is 0.160. The molecule has 0 saturated heterocycles. The number of rotatable bonds is 5. The summed E-state index contributed by atoms with van der Waals surface area (Å²) in [6, 6.07) is 16.9. The van der Waals surface area contributed by atoms with E-state index in [1.807, 2.05) is 18.2 Å². The van der Waals surface area contributed by atoms with E-state index in [2.05, 4.69) is 41.6 Å². The van der Waals surface area contributed by atoms with Crippen LogP contribution in [-0.2, 0) is 0 Å². The maximum Gasteiger partial charge on any atom is 0.258 e. The van der Waals surface area contributed by atoms with Crippen molar-refractivity contribution in [2.24, 2.45) is 0 Å². The van der Waals surface area contributed by atoms with Gasteiger partial charge in [-0.3, -0.25) is 10.1 Å². The third kappa shape index (κ3) is 5.21. The largest absolute Gasteiger partial charge is 0.436 e. The number of oxazole rings is 1. The molecule has 0 radical (unpaired) electrons. The van der Waals surface area contributed by atoms with Crippen LogP contribution in [0.2, 0.25) is 5.02 Å². The Labute approximate surface area is 201 Å². The van der Waals surface area contributed by atoms with E-state index in [-0.39, 0.29) is 15.7 Å². The quantitative estimate of drug-likeness (QED) is 0.302. The molecular formula is C25H21ClFN3O2S. The van der Waals surface area contributed by atoms with Gasteiger partial charge in [-0.05, 0) is 84.7 Å². The lowest BCUT2D eigenvalue weighted by atomic mass is 9.98. The fourth-order valence-electron chi connectivity index (χ4n) is 3.31. The first-order valence-electron chi connectivity index (χ1n) is 10.4. The number of nitrogens with zero attached hydrogens (tertiary/aromatic N) is 1. The van der Waals surface area contributed by atoms with E-state index in [9.17, 15) is 9.18 Å². The van der Waals surface area contributed by atoms with Crippen LogP contribution in [0.15, 0.2) is 65.1 Å². The first-order chi connectivity index (χ1) is 15.8. The molecule has 8 heteroatoms. The van der Waals surface area contributed by atoms with Crippen LogP contribution in [0.3, 0.4) is 0 Å². The molecule has 3 aromatic carbocycles. The molecule has 0 aliphatic rings. The lowest BCUT2D eigenvalue weighted by Crippen LogP contribution is -2.34. The summed E-state index contributed by atoms with van der Waals surface area (Å²) in [5, 5.41) is 5.57. The number of anilines is 1. The van der Waals surface area contributed by atoms with E-state index in [0.717, 1.165) is 35.2 Å². The molecule has 0 aliphatic heterocycles. The SMILES string of the molecule is CC[C@@H](C)c1ccc2oc(-c3ccc(NC(=S)NC(=O)c4ccc(F)cc4Cl)cc3)nc2c1. The Morgan fingerprint density at radius 3 is 2.61 bits per heavy atom. The van der Waals surface area contributed by atoms with Crippen LogP contribution in [0.4, 0.5) is 10.1 Å². The van der Waals surface area contributed by atoms with Gasteiger partial charge in [-0.1, -0.05) is 31.5 Å². The highest BCUT2D eigenvalue weighted by atomic mass is 35.5. The standard InChI is InChI=1S/C25H21ClFN3O2S/c1-3-14(2)16-6-11-22-21(12-16)29-24(32-22)15-4-8-18(9-5-15)28-25(33)30-23(31)19-10-7-17(27)13-20(19)26/h4-14H,3H2,1-2H3,(H2,28,30,31,33)/t14-/m1/s1. The Kier molecular flexibility index (Phi) is 6.72. The molecule has 168 valence electrons. The highest BCUT2D eigenvalue weighted by Crippen LogP contribution is 2.28. The van der Waals surface area contributed by atoms with Crippen LogP contribution < -0.4 is 10.6 Å². The Balaban J connectivity index is 1.43. The van der Waals surface area contributed by atoms with Gasteiger partial charge in [0.1, 0.15) is 11.3 Å². The monoisotopic (exact) mass is 481 g/mol. The summed E-state index contributed by atoms with van der Waals surface area (Å²) in [6.07, 6.45) is 1.06. The molecule has 1 aromatic heterocycles. The van der Waals surface area contributed by atoms with E-state index < -0.39 is 11.7 Å². The minimum atomic E-state index is -0.530. The van der Waals surface area contributed by atoms with E-state index in [1.54, 1.807) is 12.1 Å². The minimum absolute atomic E-state index is 0.00857. The summed E-state index contributed by atoms with van der Waals surface area (Å²) in [5.41, 5.74) is 4.42. The van der Waals surface area contributed by atoms with Gasteiger partial charge in [0.2, 0.25) is 5.89 Å². The molecule has 0 spiro atoms. The number of hydrogen-bond acceptors (Lipinski definition) is 4. The van der Waals surface area contributed by atoms with E-state index >= 15 is 0 Å². The van der Waals surface area contributed by atoms with Crippen LogP contribution in [0.25, 0.3) is 22.6 Å². The lowest BCUT2D eigenvalue weighted by molar-refractivity contribution is 0.0978. The number of fused-ring (bicyclic) bond motifs is 1. The average molecular weight is 482 g/mol. The van der Waals surface area contributed by atoms with Crippen molar-refractivity contribution in [2.45, 2.75) is 26.2 Å². The predicted molar refractivity (Wildman–Crippen MR) is 133 cm³/mol. The molecule has 0 bridgehead atoms. The van der Waals surface area contributed by atoms with E-state index in [4.69, 9.17) is 28.2 Å². The molecule has 0 fully saturated rings. The lowest BCUT2D eigenvalue weighted by Gasteiger charge is -2.10. The Hall–Kier alpha value is -3.29. The average Bonchev–Trinajstić information content (AvgIpc) is 3.22. The zero-order chi connectivity index (χ0) is 23.5. The molecular weight excluding hydrogens is 461 g/mol. The van der Waals surface area contributed by atoms with E-state index in [1.165, 1.54) is 11.6 Å². The number of carbonyl (C=O) groups excluding carboxylic acids is 1. The van der Waals surface area contributed by atoms with E-state index in [0.29, 0.717) is 17.5 Å². The highest BCUT2D eigenvalue weighted by molar-refractivity contribution is 7.80. The molecule has 33 heavy (non-hydrogen) atoms. The fourth-order valence-corrected chi connectivity index (χ4v) is 3.78. The van der Waals surface area contributed by atoms with Crippen LogP contribution in [0.5, 0.6) is 0 Å². The van der Waals surface area contributed by atoms with Crippen molar-refractivity contribution in [2.75, 3.05) is 5.32 Å². The summed E-state index contributed by atoms with van der Waals surface area (Å²) in [4.78, 5) is 17.0. The molecule has 0 saturated carbocycles. The predicted octanol–water partition coefficient (Wildman–Crippen LogP) is 6.93. The van der Waals surface area contributed by atoms with Gasteiger partial charge in [-0.25, -0.2) is 9.37 Å². The van der Waals surface area contributed by atoms with Crippen molar-refractivity contribution in [3.63, 3.8) is 0 Å². The van der Waals surface area contributed by atoms with Crippen LogP contribution in [0.1, 0.15) is 42.1 Å². The van der Waals surface area contributed by atoms with Gasteiger partial charge < -0.3 is 9.73 Å². The topological polar surface area (TPSA) is 67.2 Å². The Morgan fingerprint density at radius 2 is 1.91 bits per heavy atom. The molecule has 5 nitrogen and oxygen atoms in total. The Morgan fingerprint density at radius 1 is 1.15 bits per heavy atom. The number of aromatic nitrogens is 1. The molecule has 1 heterocycles. The maximum atomic E-state index is 13.2. The van der Waals surface area contributed by atoms with Gasteiger partial charge in [-0.15, -0.1) is 0 Å². The van der Waals surface area contributed by atoms with Crippen molar-refractivity contribution in [1.29, 1.82) is 0 Å². The summed E-state index contributed by atoms with van der Waals surface area (Å²) in [7, 11) is 0. The molecule has 4 aromatic rings. The second-order valence-electron chi connectivity index (χ2n) is 7.67. The number of benzene rings is 3. The summed E-state index contributed by atoms with van der Waals surface area (Å²) in [6.45, 7) is 4.35. The summed E-state index contributed by atoms with van der Waals surface area (Å²) in [5.74, 6) is -0.0624. The third-order valence-electron chi connectivity index (χ3n) is 5.39. The van der Waals surface area contributed by atoms with Gasteiger partial charge in [0.05, 0.1) is 10.6 Å². The van der Waals surface area contributed by atoms with Crippen LogP contribution in [-0.4, -0.2) is 16.0 Å². The molecule has 0 aliphatic carbocycles. The third-order valence-corrected chi connectivity index (χ3v) is 5.90. The molecule has 2 N–H and O–H groups in total. The molecule has 1 amide bonds. The van der Waals surface area contributed by atoms with Crippen LogP contribution >= 0.6 is 23.8 Å². The van der Waals surface area contributed by atoms with Crippen molar-refractivity contribution >= 4 is 51.6 Å². The second kappa shape index (κ2) is 9.68. The van der Waals surface area contributed by atoms with Gasteiger partial charge in [0.15, 0.2) is 10.7 Å². The normalized spacial score (nSPS) is 11.9. The van der Waals surface area contributed by atoms with Gasteiger partial charge in [0, 0.05) is 11.3 Å². The second-order valence-corrected chi connectivity index (χ2v) is 8.48. The zero-order valence-corrected chi connectivity index (χ0v) is 19.6. The molecule has 0 unspecified atom stereocenters. The number of nitrogens with one attached hydrogen (secondary N) is 2.